The van der Waals surface area contributed by atoms with Crippen LogP contribution >= 0.6 is 13.6 Å². The molecule has 0 aliphatic rings. The van der Waals surface area contributed by atoms with E-state index in [-0.39, 0.29) is 0 Å². The number of halogens is 1. The zero-order valence-corrected chi connectivity index (χ0v) is 15.4. The van der Waals surface area contributed by atoms with Crippen LogP contribution in [0.1, 0.15) is 19.4 Å². The van der Waals surface area contributed by atoms with Gasteiger partial charge in [-0.2, -0.15) is 0 Å². The van der Waals surface area contributed by atoms with Crippen LogP contribution in [0.3, 0.4) is 0 Å². The van der Waals surface area contributed by atoms with Gasteiger partial charge in [0.2, 0.25) is 0 Å². The van der Waals surface area contributed by atoms with Gasteiger partial charge in [-0.1, -0.05) is 0 Å². The van der Waals surface area contributed by atoms with E-state index in [2.05, 4.69) is 27.5 Å². The zero-order valence-electron chi connectivity index (χ0n) is 10.8. The molecule has 0 spiro atoms. The number of benzene rings is 1. The number of methoxy groups -OCH3 is 1. The molecule has 0 aliphatic heterocycles. The number of hydrogen-bond donors (Lipinski definition) is 0. The van der Waals surface area contributed by atoms with Gasteiger partial charge in [-0.25, -0.2) is 0 Å². The molecule has 17 heavy (non-hydrogen) atoms. The van der Waals surface area contributed by atoms with E-state index in [9.17, 15) is 0 Å². The van der Waals surface area contributed by atoms with Crippen LogP contribution in [-0.2, 0) is 26.5 Å². The fraction of sp³-hybridized carbons (Fsp3) is 0.538. The Balaban J connectivity index is 2.35. The molecule has 0 N–H and O–H groups in total. The standard InChI is InChI=1S/C13H19O2.BrH.Zn/c1-13(2,3)10-15-9-11-5-7-12(14-4)8-6-11;;/h5-8H,1,9-10H2,2-4H3;1H;/q;;+1/p-1. The van der Waals surface area contributed by atoms with Crippen molar-refractivity contribution < 1.29 is 24.6 Å². The number of hydrogen-bond acceptors (Lipinski definition) is 2. The summed E-state index contributed by atoms with van der Waals surface area (Å²) in [7, 11) is 1.68. The van der Waals surface area contributed by atoms with Crippen molar-refractivity contribution in [1.82, 2.24) is 0 Å². The van der Waals surface area contributed by atoms with Crippen molar-refractivity contribution in [2.75, 3.05) is 13.7 Å². The van der Waals surface area contributed by atoms with Crippen molar-refractivity contribution in [3.05, 3.63) is 29.8 Å². The van der Waals surface area contributed by atoms with Crippen LogP contribution in [0.5, 0.6) is 5.75 Å². The van der Waals surface area contributed by atoms with Crippen LogP contribution in [0, 0.1) is 5.41 Å². The summed E-state index contributed by atoms with van der Waals surface area (Å²) in [6.45, 7) is 6.06. The Labute approximate surface area is 118 Å². The van der Waals surface area contributed by atoms with Crippen LogP contribution in [0.25, 0.3) is 0 Å². The Hall–Kier alpha value is 0.0834. The molecule has 0 saturated heterocycles. The van der Waals surface area contributed by atoms with Crippen LogP contribution in [0.4, 0.5) is 0 Å². The molecule has 92 valence electrons. The minimum atomic E-state index is -0.456. The molecule has 0 aromatic heterocycles. The van der Waals surface area contributed by atoms with E-state index in [4.69, 9.17) is 9.47 Å². The first kappa shape index (κ1) is 15.1. The van der Waals surface area contributed by atoms with Gasteiger partial charge in [0, 0.05) is 0 Å². The van der Waals surface area contributed by atoms with Crippen LogP contribution in [0.15, 0.2) is 24.3 Å². The molecule has 0 atom stereocenters. The van der Waals surface area contributed by atoms with E-state index in [1.54, 1.807) is 7.11 Å². The summed E-state index contributed by atoms with van der Waals surface area (Å²) < 4.78 is 10.9. The van der Waals surface area contributed by atoms with Crippen molar-refractivity contribution in [3.8, 4) is 5.75 Å². The second kappa shape index (κ2) is 7.50. The van der Waals surface area contributed by atoms with Gasteiger partial charge in [0.05, 0.1) is 0 Å². The maximum absolute atomic E-state index is 5.78. The average Bonchev–Trinajstić information content (AvgIpc) is 2.29. The Kier molecular flexibility index (Phi) is 6.68. The molecule has 4 heteroatoms. The average molecular weight is 353 g/mol. The molecule has 0 unspecified atom stereocenters. The van der Waals surface area contributed by atoms with Crippen LogP contribution < -0.4 is 4.74 Å². The van der Waals surface area contributed by atoms with Gasteiger partial charge in [0.25, 0.3) is 0 Å². The van der Waals surface area contributed by atoms with E-state index in [1.807, 2.05) is 24.3 Å². The summed E-state index contributed by atoms with van der Waals surface area (Å²) in [5.41, 5.74) is 1.51. The Morgan fingerprint density at radius 2 is 1.88 bits per heavy atom. The van der Waals surface area contributed by atoms with E-state index < -0.39 is 15.2 Å². The van der Waals surface area contributed by atoms with E-state index in [0.29, 0.717) is 12.0 Å². The molecule has 0 saturated carbocycles. The van der Waals surface area contributed by atoms with Crippen molar-refractivity contribution in [3.63, 3.8) is 0 Å². The molecule has 1 rings (SSSR count). The summed E-state index contributed by atoms with van der Waals surface area (Å²) in [6, 6.07) is 8.04. The predicted molar refractivity (Wildman–Crippen MR) is 70.2 cm³/mol. The van der Waals surface area contributed by atoms with E-state index in [0.717, 1.165) is 12.4 Å². The summed E-state index contributed by atoms with van der Waals surface area (Å²) in [6.07, 6.45) is 0. The molecule has 0 radical (unpaired) electrons. The molecular formula is C13H19BrO2Zn. The van der Waals surface area contributed by atoms with Gasteiger partial charge in [-0.05, 0) is 0 Å². The summed E-state index contributed by atoms with van der Waals surface area (Å²) in [4.78, 5) is 0. The third-order valence-electron chi connectivity index (χ3n) is 2.69. The molecule has 1 aromatic carbocycles. The van der Waals surface area contributed by atoms with Gasteiger partial charge in [0.1, 0.15) is 0 Å². The first-order chi connectivity index (χ1) is 8.07. The predicted octanol–water partition coefficient (Wildman–Crippen LogP) is 4.05. The van der Waals surface area contributed by atoms with Gasteiger partial charge in [-0.3, -0.25) is 0 Å². The van der Waals surface area contributed by atoms with Gasteiger partial charge in [-0.15, -0.1) is 0 Å². The second-order valence-electron chi connectivity index (χ2n) is 4.94. The monoisotopic (exact) mass is 350 g/mol. The topological polar surface area (TPSA) is 18.5 Å². The molecule has 0 aliphatic carbocycles. The first-order valence-electron chi connectivity index (χ1n) is 5.84. The number of ether oxygens (including phenoxy) is 2. The van der Waals surface area contributed by atoms with Crippen molar-refractivity contribution in [2.24, 2.45) is 5.41 Å². The SMILES string of the molecule is COc1ccc(COCC(C)(C)[CH2][Zn][Br])cc1. The van der Waals surface area contributed by atoms with Gasteiger partial charge >= 0.3 is 118 Å². The third-order valence-corrected chi connectivity index (χ3v) is 7.99. The fourth-order valence-corrected chi connectivity index (χ4v) is 8.45. The first-order valence-corrected chi connectivity index (χ1v) is 14.9. The number of rotatable bonds is 7. The molecular weight excluding hydrogens is 333 g/mol. The fourth-order valence-electron chi connectivity index (χ4n) is 1.49. The normalized spacial score (nSPS) is 11.1. The van der Waals surface area contributed by atoms with Gasteiger partial charge < -0.3 is 0 Å². The molecule has 0 bridgehead atoms. The van der Waals surface area contributed by atoms with Gasteiger partial charge in [0.15, 0.2) is 0 Å². The minimum absolute atomic E-state index is 0.315. The maximum atomic E-state index is 5.78. The molecule has 0 fully saturated rings. The van der Waals surface area contributed by atoms with Crippen LogP contribution in [0.2, 0.25) is 5.02 Å². The van der Waals surface area contributed by atoms with E-state index >= 15 is 0 Å². The Morgan fingerprint density at radius 1 is 1.24 bits per heavy atom. The molecule has 0 amide bonds. The summed E-state index contributed by atoms with van der Waals surface area (Å²) in [5.74, 6) is 0.890. The van der Waals surface area contributed by atoms with Crippen molar-refractivity contribution in [2.45, 2.75) is 25.5 Å². The third kappa shape index (κ3) is 5.99. The Bertz CT molecular complexity index is 325. The zero-order chi connectivity index (χ0) is 12.7. The quantitative estimate of drug-likeness (QED) is 0.689. The summed E-state index contributed by atoms with van der Waals surface area (Å²) >= 11 is 3.20. The summed E-state index contributed by atoms with van der Waals surface area (Å²) in [5, 5.41) is 1.31. The molecule has 0 heterocycles. The van der Waals surface area contributed by atoms with Crippen LogP contribution in [-0.4, -0.2) is 13.7 Å². The molecule has 1 aromatic rings. The Morgan fingerprint density at radius 3 is 2.41 bits per heavy atom. The van der Waals surface area contributed by atoms with Crippen molar-refractivity contribution in [1.29, 1.82) is 0 Å². The van der Waals surface area contributed by atoms with Crippen molar-refractivity contribution >= 4 is 13.6 Å². The second-order valence-corrected chi connectivity index (χ2v) is 10.9. The molecule has 2 nitrogen and oxygen atoms in total. The van der Waals surface area contributed by atoms with E-state index in [1.165, 1.54) is 10.6 Å².